The van der Waals surface area contributed by atoms with E-state index in [-0.39, 0.29) is 17.4 Å². The van der Waals surface area contributed by atoms with Gasteiger partial charge in [0, 0.05) is 42.4 Å². The Hall–Kier alpha value is -1.66. The molecule has 122 valence electrons. The third kappa shape index (κ3) is 3.33. The van der Waals surface area contributed by atoms with Gasteiger partial charge in [-0.2, -0.15) is 5.10 Å². The molecule has 4 rings (SSSR count). The molecule has 0 aromatic carbocycles. The molecular formula is C17H21N3O2S. The Labute approximate surface area is 139 Å². The van der Waals surface area contributed by atoms with Gasteiger partial charge in [-0.05, 0) is 43.9 Å². The summed E-state index contributed by atoms with van der Waals surface area (Å²) in [4.78, 5) is 14.3. The summed E-state index contributed by atoms with van der Waals surface area (Å²) in [5, 5.41) is 7.37. The van der Waals surface area contributed by atoms with Gasteiger partial charge in [-0.15, -0.1) is 11.3 Å². The highest BCUT2D eigenvalue weighted by molar-refractivity contribution is 7.14. The molecule has 1 saturated carbocycles. The fourth-order valence-corrected chi connectivity index (χ4v) is 4.12. The molecule has 2 aromatic heterocycles. The van der Waals surface area contributed by atoms with Crippen LogP contribution in [0.15, 0.2) is 30.6 Å². The Morgan fingerprint density at radius 3 is 3.09 bits per heavy atom. The fourth-order valence-electron chi connectivity index (χ4n) is 3.11. The quantitative estimate of drug-likeness (QED) is 0.885. The summed E-state index contributed by atoms with van der Waals surface area (Å²) in [6.07, 6.45) is 8.45. The van der Waals surface area contributed by atoms with Gasteiger partial charge in [0.25, 0.3) is 5.91 Å². The summed E-state index contributed by atoms with van der Waals surface area (Å²) in [5.74, 6) is 0.0333. The molecule has 23 heavy (non-hydrogen) atoms. The minimum atomic E-state index is 0.0333. The van der Waals surface area contributed by atoms with Gasteiger partial charge in [-0.25, -0.2) is 0 Å². The van der Waals surface area contributed by atoms with E-state index in [1.165, 1.54) is 4.88 Å². The number of carbonyl (C=O) groups excluding carboxylic acids is 1. The Bertz CT molecular complexity index is 670. The van der Waals surface area contributed by atoms with Gasteiger partial charge in [-0.1, -0.05) is 0 Å². The van der Waals surface area contributed by atoms with Crippen molar-refractivity contribution in [1.82, 2.24) is 15.1 Å². The number of nitrogens with one attached hydrogen (secondary N) is 1. The van der Waals surface area contributed by atoms with Crippen LogP contribution in [0.4, 0.5) is 0 Å². The van der Waals surface area contributed by atoms with Crippen LogP contribution in [0.25, 0.3) is 0 Å². The molecule has 0 unspecified atom stereocenters. The van der Waals surface area contributed by atoms with E-state index >= 15 is 0 Å². The molecule has 0 bridgehead atoms. The molecule has 1 amide bonds. The second kappa shape index (κ2) is 6.09. The van der Waals surface area contributed by atoms with Crippen LogP contribution in [0, 0.1) is 5.41 Å². The molecule has 1 N–H and O–H groups in total. The maximum atomic E-state index is 12.4. The molecule has 2 fully saturated rings. The lowest BCUT2D eigenvalue weighted by Gasteiger charge is -2.15. The lowest BCUT2D eigenvalue weighted by atomic mass is 10.1. The average molecular weight is 331 g/mol. The normalized spacial score (nSPS) is 22.2. The highest BCUT2D eigenvalue weighted by Gasteiger charge is 2.43. The van der Waals surface area contributed by atoms with E-state index in [0.29, 0.717) is 0 Å². The predicted molar refractivity (Wildman–Crippen MR) is 88.5 cm³/mol. The zero-order valence-corrected chi connectivity index (χ0v) is 13.8. The van der Waals surface area contributed by atoms with Gasteiger partial charge >= 0.3 is 0 Å². The second-order valence-electron chi connectivity index (χ2n) is 6.59. The summed E-state index contributed by atoms with van der Waals surface area (Å²) in [5.41, 5.74) is 0.191. The van der Waals surface area contributed by atoms with E-state index in [4.69, 9.17) is 4.74 Å². The van der Waals surface area contributed by atoms with Crippen molar-refractivity contribution in [3.05, 3.63) is 40.3 Å². The molecule has 0 spiro atoms. The highest BCUT2D eigenvalue weighted by atomic mass is 32.1. The van der Waals surface area contributed by atoms with Crippen molar-refractivity contribution in [2.75, 3.05) is 13.2 Å². The molecule has 2 aliphatic rings. The maximum Gasteiger partial charge on any atom is 0.261 e. The average Bonchev–Trinajstić information content (AvgIpc) is 3.08. The molecular weight excluding hydrogens is 310 g/mol. The van der Waals surface area contributed by atoms with Gasteiger partial charge in [0.2, 0.25) is 0 Å². The van der Waals surface area contributed by atoms with Gasteiger partial charge < -0.3 is 10.1 Å². The van der Waals surface area contributed by atoms with E-state index in [1.54, 1.807) is 17.5 Å². The van der Waals surface area contributed by atoms with Crippen molar-refractivity contribution in [1.29, 1.82) is 0 Å². The lowest BCUT2D eigenvalue weighted by Crippen LogP contribution is -2.32. The van der Waals surface area contributed by atoms with Crippen LogP contribution in [-0.4, -0.2) is 28.8 Å². The zero-order valence-electron chi connectivity index (χ0n) is 13.0. The fraction of sp³-hybridized carbons (Fsp3) is 0.529. The van der Waals surface area contributed by atoms with Gasteiger partial charge in [0.1, 0.15) is 0 Å². The van der Waals surface area contributed by atoms with E-state index in [0.717, 1.165) is 50.3 Å². The van der Waals surface area contributed by atoms with Crippen molar-refractivity contribution in [2.24, 2.45) is 5.41 Å². The van der Waals surface area contributed by atoms with Gasteiger partial charge in [0.15, 0.2) is 0 Å². The molecule has 2 aromatic rings. The molecule has 1 aliphatic carbocycles. The van der Waals surface area contributed by atoms with Gasteiger partial charge in [0.05, 0.1) is 11.0 Å². The molecule has 3 heterocycles. The molecule has 1 atom stereocenters. The second-order valence-corrected chi connectivity index (χ2v) is 7.71. The number of hydrogen-bond donors (Lipinski definition) is 1. The van der Waals surface area contributed by atoms with Crippen LogP contribution < -0.4 is 5.32 Å². The minimum Gasteiger partial charge on any atom is -0.373 e. The Morgan fingerprint density at radius 1 is 1.48 bits per heavy atom. The first-order chi connectivity index (χ1) is 11.2. The minimum absolute atomic E-state index is 0.0333. The van der Waals surface area contributed by atoms with Crippen LogP contribution in [0.2, 0.25) is 0 Å². The van der Waals surface area contributed by atoms with Crippen LogP contribution in [0.3, 0.4) is 0 Å². The monoisotopic (exact) mass is 331 g/mol. The van der Waals surface area contributed by atoms with Crippen LogP contribution >= 0.6 is 11.3 Å². The van der Waals surface area contributed by atoms with Crippen LogP contribution in [0.1, 0.15) is 46.3 Å². The van der Waals surface area contributed by atoms with Crippen molar-refractivity contribution in [3.63, 3.8) is 0 Å². The summed E-state index contributed by atoms with van der Waals surface area (Å²) in [6, 6.07) is 5.89. The molecule has 1 aliphatic heterocycles. The largest absolute Gasteiger partial charge is 0.373 e. The van der Waals surface area contributed by atoms with Crippen molar-refractivity contribution in [2.45, 2.75) is 38.3 Å². The number of carbonyl (C=O) groups is 1. The number of ether oxygens (including phenoxy) is 1. The summed E-state index contributed by atoms with van der Waals surface area (Å²) < 4.78 is 7.64. The molecule has 1 saturated heterocycles. The van der Waals surface area contributed by atoms with E-state index in [9.17, 15) is 4.79 Å². The van der Waals surface area contributed by atoms with Crippen molar-refractivity contribution < 1.29 is 9.53 Å². The summed E-state index contributed by atoms with van der Waals surface area (Å²) in [7, 11) is 0. The Morgan fingerprint density at radius 2 is 2.39 bits per heavy atom. The smallest absolute Gasteiger partial charge is 0.261 e. The van der Waals surface area contributed by atoms with E-state index < -0.39 is 0 Å². The van der Waals surface area contributed by atoms with Gasteiger partial charge in [-0.3, -0.25) is 9.48 Å². The maximum absolute atomic E-state index is 12.4. The van der Waals surface area contributed by atoms with E-state index in [2.05, 4.69) is 10.4 Å². The summed E-state index contributed by atoms with van der Waals surface area (Å²) in [6.45, 7) is 2.44. The zero-order chi connectivity index (χ0) is 15.7. The molecule has 0 radical (unpaired) electrons. The third-order valence-corrected chi connectivity index (χ3v) is 5.91. The van der Waals surface area contributed by atoms with E-state index in [1.807, 2.05) is 29.1 Å². The predicted octanol–water partition coefficient (Wildman–Crippen LogP) is 3.01. The third-order valence-electron chi connectivity index (χ3n) is 4.74. The first-order valence-corrected chi connectivity index (χ1v) is 9.03. The number of amides is 1. The topological polar surface area (TPSA) is 56.2 Å². The molecule has 5 nitrogen and oxygen atoms in total. The summed E-state index contributed by atoms with van der Waals surface area (Å²) >= 11 is 1.56. The number of thiophene rings is 1. The molecule has 6 heteroatoms. The van der Waals surface area contributed by atoms with Crippen LogP contribution in [-0.2, 0) is 11.3 Å². The number of nitrogens with zero attached hydrogens (tertiary/aromatic N) is 2. The number of hydrogen-bond acceptors (Lipinski definition) is 4. The Kier molecular flexibility index (Phi) is 3.95. The standard InChI is InChI=1S/C17H21N3O2S/c21-16(15-5-4-14(23-15)13-3-1-10-22-13)18-11-17(6-7-17)12-20-9-2-8-19-20/h2,4-5,8-9,13H,1,3,6-7,10-12H2,(H,18,21)/t13-/m1/s1. The SMILES string of the molecule is O=C(NCC1(Cn2cccn2)CC1)c1ccc([C@H]2CCCO2)s1. The lowest BCUT2D eigenvalue weighted by molar-refractivity contribution is 0.0946. The highest BCUT2D eigenvalue weighted by Crippen LogP contribution is 2.46. The van der Waals surface area contributed by atoms with Crippen molar-refractivity contribution >= 4 is 17.2 Å². The first kappa shape index (κ1) is 14.9. The Balaban J connectivity index is 1.33. The first-order valence-electron chi connectivity index (χ1n) is 8.21. The van der Waals surface area contributed by atoms with Crippen molar-refractivity contribution in [3.8, 4) is 0 Å². The number of rotatable bonds is 6. The number of aromatic nitrogens is 2. The van der Waals surface area contributed by atoms with Crippen LogP contribution in [0.5, 0.6) is 0 Å².